The van der Waals surface area contributed by atoms with Gasteiger partial charge in [-0.05, 0) is 31.2 Å². The highest BCUT2D eigenvalue weighted by molar-refractivity contribution is 7.13. The maximum Gasteiger partial charge on any atom is 0.248 e. The van der Waals surface area contributed by atoms with Crippen LogP contribution in [-0.4, -0.2) is 15.9 Å². The van der Waals surface area contributed by atoms with Crippen molar-refractivity contribution in [2.24, 2.45) is 0 Å². The number of benzene rings is 1. The molecule has 0 aliphatic heterocycles. The van der Waals surface area contributed by atoms with Crippen LogP contribution in [0.15, 0.2) is 78.3 Å². The zero-order chi connectivity index (χ0) is 17.5. The van der Waals surface area contributed by atoms with E-state index in [1.807, 2.05) is 66.9 Å². The van der Waals surface area contributed by atoms with Gasteiger partial charge in [0.2, 0.25) is 5.91 Å². The first-order chi connectivity index (χ1) is 12.3. The summed E-state index contributed by atoms with van der Waals surface area (Å²) in [5.41, 5.74) is 3.41. The second kappa shape index (κ2) is 8.17. The van der Waals surface area contributed by atoms with Crippen molar-refractivity contribution in [1.29, 1.82) is 0 Å². The van der Waals surface area contributed by atoms with E-state index in [1.165, 1.54) is 6.08 Å². The van der Waals surface area contributed by atoms with Gasteiger partial charge < -0.3 is 5.32 Å². The van der Waals surface area contributed by atoms with Crippen LogP contribution >= 0.6 is 11.3 Å². The molecule has 0 radical (unpaired) electrons. The van der Waals surface area contributed by atoms with Gasteiger partial charge in [0, 0.05) is 28.9 Å². The van der Waals surface area contributed by atoms with Crippen LogP contribution in [0.4, 0.5) is 5.69 Å². The summed E-state index contributed by atoms with van der Waals surface area (Å²) in [4.78, 5) is 20.8. The molecular formula is C20H17N3OS. The molecule has 0 fully saturated rings. The van der Waals surface area contributed by atoms with Crippen LogP contribution in [0, 0.1) is 0 Å². The molecule has 25 heavy (non-hydrogen) atoms. The summed E-state index contributed by atoms with van der Waals surface area (Å²) in [5, 5.41) is 5.72. The molecule has 4 nitrogen and oxygen atoms in total. The molecule has 2 heterocycles. The Bertz CT molecular complexity index is 913. The number of nitrogens with zero attached hydrogens (tertiary/aromatic N) is 2. The molecule has 3 aromatic rings. The van der Waals surface area contributed by atoms with Crippen LogP contribution < -0.4 is 5.32 Å². The van der Waals surface area contributed by atoms with Gasteiger partial charge in [-0.25, -0.2) is 4.98 Å². The van der Waals surface area contributed by atoms with Gasteiger partial charge >= 0.3 is 0 Å². The third kappa shape index (κ3) is 4.49. The molecule has 0 bridgehead atoms. The van der Waals surface area contributed by atoms with E-state index in [9.17, 15) is 4.79 Å². The highest BCUT2D eigenvalue weighted by atomic mass is 32.1. The van der Waals surface area contributed by atoms with Crippen LogP contribution in [-0.2, 0) is 4.79 Å². The van der Waals surface area contributed by atoms with Gasteiger partial charge in [-0.15, -0.1) is 11.3 Å². The maximum absolute atomic E-state index is 11.9. The second-order valence-electron chi connectivity index (χ2n) is 5.21. The van der Waals surface area contributed by atoms with E-state index < -0.39 is 0 Å². The van der Waals surface area contributed by atoms with E-state index in [2.05, 4.69) is 15.3 Å². The average molecular weight is 347 g/mol. The maximum atomic E-state index is 11.9. The lowest BCUT2D eigenvalue weighted by atomic mass is 10.1. The minimum absolute atomic E-state index is 0.164. The van der Waals surface area contributed by atoms with Gasteiger partial charge in [0.05, 0.1) is 11.4 Å². The normalized spacial score (nSPS) is 11.2. The number of hydrogen-bond acceptors (Lipinski definition) is 4. The number of carbonyl (C=O) groups is 1. The Kier molecular flexibility index (Phi) is 5.49. The Morgan fingerprint density at radius 2 is 2.04 bits per heavy atom. The quantitative estimate of drug-likeness (QED) is 0.525. The molecule has 0 saturated carbocycles. The lowest BCUT2D eigenvalue weighted by Crippen LogP contribution is -2.07. The van der Waals surface area contributed by atoms with Crippen molar-refractivity contribution >= 4 is 22.9 Å². The number of amides is 1. The van der Waals surface area contributed by atoms with Gasteiger partial charge in [-0.2, -0.15) is 0 Å². The van der Waals surface area contributed by atoms with Crippen molar-refractivity contribution < 1.29 is 4.79 Å². The molecule has 1 aromatic carbocycles. The van der Waals surface area contributed by atoms with Crippen molar-refractivity contribution in [1.82, 2.24) is 9.97 Å². The summed E-state index contributed by atoms with van der Waals surface area (Å²) in [6.07, 6.45) is 8.64. The van der Waals surface area contributed by atoms with Crippen LogP contribution in [0.3, 0.4) is 0 Å². The van der Waals surface area contributed by atoms with E-state index in [-0.39, 0.29) is 5.91 Å². The average Bonchev–Trinajstić information content (AvgIpc) is 3.13. The number of anilines is 1. The number of rotatable bonds is 5. The molecule has 0 saturated heterocycles. The summed E-state index contributed by atoms with van der Waals surface area (Å²) in [7, 11) is 0. The van der Waals surface area contributed by atoms with Crippen LogP contribution in [0.25, 0.3) is 22.0 Å². The summed E-state index contributed by atoms with van der Waals surface area (Å²) in [6.45, 7) is 1.90. The van der Waals surface area contributed by atoms with E-state index in [4.69, 9.17) is 0 Å². The first-order valence-corrected chi connectivity index (χ1v) is 8.72. The summed E-state index contributed by atoms with van der Waals surface area (Å²) < 4.78 is 0. The largest absolute Gasteiger partial charge is 0.322 e. The fraction of sp³-hybridized carbons (Fsp3) is 0.0500. The molecule has 0 atom stereocenters. The topological polar surface area (TPSA) is 54.9 Å². The predicted octanol–water partition coefficient (Wildman–Crippen LogP) is 4.94. The van der Waals surface area contributed by atoms with Crippen LogP contribution in [0.1, 0.15) is 6.92 Å². The lowest BCUT2D eigenvalue weighted by Gasteiger charge is -2.04. The van der Waals surface area contributed by atoms with E-state index >= 15 is 0 Å². The van der Waals surface area contributed by atoms with Gasteiger partial charge in [0.15, 0.2) is 0 Å². The highest BCUT2D eigenvalue weighted by Gasteiger charge is 2.08. The smallest absolute Gasteiger partial charge is 0.248 e. The summed E-state index contributed by atoms with van der Waals surface area (Å²) in [5.74, 6) is -0.164. The Morgan fingerprint density at radius 3 is 2.84 bits per heavy atom. The van der Waals surface area contributed by atoms with Crippen molar-refractivity contribution in [3.63, 3.8) is 0 Å². The first kappa shape index (κ1) is 16.8. The fourth-order valence-electron chi connectivity index (χ4n) is 2.21. The third-order valence-electron chi connectivity index (χ3n) is 3.37. The zero-order valence-electron chi connectivity index (χ0n) is 13.7. The van der Waals surface area contributed by atoms with Gasteiger partial charge in [0.1, 0.15) is 5.01 Å². The van der Waals surface area contributed by atoms with E-state index in [0.29, 0.717) is 0 Å². The summed E-state index contributed by atoms with van der Waals surface area (Å²) >= 11 is 1.55. The number of aromatic nitrogens is 2. The molecule has 124 valence electrons. The standard InChI is InChI=1S/C20H17N3OS/c1-2-3-4-11-19(24)22-16-9-7-8-15(13-16)18-14-25-20(23-18)17-10-5-6-12-21-17/h2-14H,1H3,(H,22,24)/b3-2+,11-4+. The number of carbonyl (C=O) groups excluding carboxylic acids is 1. The molecular weight excluding hydrogens is 330 g/mol. The fourth-order valence-corrected chi connectivity index (χ4v) is 3.01. The zero-order valence-corrected chi connectivity index (χ0v) is 14.5. The second-order valence-corrected chi connectivity index (χ2v) is 6.07. The summed E-state index contributed by atoms with van der Waals surface area (Å²) in [6, 6.07) is 13.4. The first-order valence-electron chi connectivity index (χ1n) is 7.84. The molecule has 0 unspecified atom stereocenters. The molecule has 0 aliphatic carbocycles. The molecule has 2 aromatic heterocycles. The van der Waals surface area contributed by atoms with Crippen molar-refractivity contribution in [2.75, 3.05) is 5.32 Å². The van der Waals surface area contributed by atoms with Gasteiger partial charge in [-0.1, -0.05) is 36.4 Å². The number of hydrogen-bond donors (Lipinski definition) is 1. The minimum Gasteiger partial charge on any atom is -0.322 e. The van der Waals surface area contributed by atoms with Gasteiger partial charge in [0.25, 0.3) is 0 Å². The van der Waals surface area contributed by atoms with E-state index in [0.717, 1.165) is 27.6 Å². The Labute approximate surface area is 150 Å². The Morgan fingerprint density at radius 1 is 1.12 bits per heavy atom. The highest BCUT2D eigenvalue weighted by Crippen LogP contribution is 2.28. The Balaban J connectivity index is 1.78. The molecule has 0 aliphatic rings. The van der Waals surface area contributed by atoms with Crippen molar-refractivity contribution in [2.45, 2.75) is 6.92 Å². The SMILES string of the molecule is C/C=C/C=C/C(=O)Nc1cccc(-c2csc(-c3ccccn3)n2)c1. The number of pyridine rings is 1. The minimum atomic E-state index is -0.164. The Hall–Kier alpha value is -3.05. The number of nitrogens with one attached hydrogen (secondary N) is 1. The molecule has 3 rings (SSSR count). The molecule has 0 spiro atoms. The lowest BCUT2D eigenvalue weighted by molar-refractivity contribution is -0.111. The van der Waals surface area contributed by atoms with Crippen molar-refractivity contribution in [3.05, 3.63) is 78.3 Å². The third-order valence-corrected chi connectivity index (χ3v) is 4.23. The number of thiazole rings is 1. The van der Waals surface area contributed by atoms with Crippen molar-refractivity contribution in [3.8, 4) is 22.0 Å². The van der Waals surface area contributed by atoms with E-state index in [1.54, 1.807) is 23.6 Å². The molecule has 5 heteroatoms. The molecule has 1 amide bonds. The predicted molar refractivity (Wildman–Crippen MR) is 103 cm³/mol. The number of allylic oxidation sites excluding steroid dienone is 3. The van der Waals surface area contributed by atoms with Crippen LogP contribution in [0.2, 0.25) is 0 Å². The monoisotopic (exact) mass is 347 g/mol. The van der Waals surface area contributed by atoms with Gasteiger partial charge in [-0.3, -0.25) is 9.78 Å². The molecule has 1 N–H and O–H groups in total. The van der Waals surface area contributed by atoms with Crippen LogP contribution in [0.5, 0.6) is 0 Å².